The van der Waals surface area contributed by atoms with Crippen LogP contribution in [0, 0.1) is 17.1 Å². The predicted molar refractivity (Wildman–Crippen MR) is 98.4 cm³/mol. The summed E-state index contributed by atoms with van der Waals surface area (Å²) in [4.78, 5) is 14.2. The minimum atomic E-state index is -0.384. The Kier molecular flexibility index (Phi) is 5.88. The van der Waals surface area contributed by atoms with Crippen LogP contribution in [0.5, 0.6) is 0 Å². The van der Waals surface area contributed by atoms with Crippen molar-refractivity contribution >= 4 is 23.4 Å². The van der Waals surface area contributed by atoms with Gasteiger partial charge in [0.1, 0.15) is 5.82 Å². The molecule has 138 valence electrons. The zero-order valence-electron chi connectivity index (χ0n) is 14.5. The van der Waals surface area contributed by atoms with Gasteiger partial charge in [0.25, 0.3) is 0 Å². The molecule has 0 N–H and O–H groups in total. The zero-order valence-corrected chi connectivity index (χ0v) is 15.3. The molecule has 0 radical (unpaired) electrons. The Morgan fingerprint density at radius 3 is 2.78 bits per heavy atom. The van der Waals surface area contributed by atoms with Crippen molar-refractivity contribution in [1.29, 1.82) is 5.26 Å². The average Bonchev–Trinajstić information content (AvgIpc) is 3.31. The normalized spacial score (nSPS) is 10.6. The van der Waals surface area contributed by atoms with Crippen LogP contribution in [-0.4, -0.2) is 33.0 Å². The molecule has 1 amide bonds. The molecule has 0 spiro atoms. The number of furan rings is 1. The lowest BCUT2D eigenvalue weighted by atomic mass is 10.2. The van der Waals surface area contributed by atoms with Gasteiger partial charge in [-0.3, -0.25) is 4.79 Å². The highest BCUT2D eigenvalue weighted by Crippen LogP contribution is 2.24. The summed E-state index contributed by atoms with van der Waals surface area (Å²) in [6.07, 6.45) is 1.73. The van der Waals surface area contributed by atoms with E-state index < -0.39 is 0 Å². The van der Waals surface area contributed by atoms with E-state index in [4.69, 9.17) is 9.68 Å². The third-order valence-electron chi connectivity index (χ3n) is 3.79. The molecule has 0 bridgehead atoms. The van der Waals surface area contributed by atoms with Crippen LogP contribution in [0.25, 0.3) is 11.6 Å². The SMILES string of the molecule is Cn1c(SCC(=O)N(CCC#N)c2ccc(F)cc2)nnc1-c1ccco1. The summed E-state index contributed by atoms with van der Waals surface area (Å²) >= 11 is 1.23. The summed E-state index contributed by atoms with van der Waals surface area (Å²) in [6.45, 7) is 0.234. The van der Waals surface area contributed by atoms with Gasteiger partial charge in [0.2, 0.25) is 5.91 Å². The minimum Gasteiger partial charge on any atom is -0.461 e. The Morgan fingerprint density at radius 2 is 2.11 bits per heavy atom. The number of amides is 1. The average molecular weight is 385 g/mol. The fourth-order valence-electron chi connectivity index (χ4n) is 2.45. The molecular formula is C18H16FN5O2S. The van der Waals surface area contributed by atoms with Gasteiger partial charge in [-0.15, -0.1) is 10.2 Å². The maximum Gasteiger partial charge on any atom is 0.237 e. The van der Waals surface area contributed by atoms with Crippen molar-refractivity contribution in [3.8, 4) is 17.7 Å². The molecular weight excluding hydrogens is 369 g/mol. The van der Waals surface area contributed by atoms with Crippen molar-refractivity contribution in [3.63, 3.8) is 0 Å². The Morgan fingerprint density at radius 1 is 1.33 bits per heavy atom. The highest BCUT2D eigenvalue weighted by Gasteiger charge is 2.19. The first-order chi connectivity index (χ1) is 13.1. The summed E-state index contributed by atoms with van der Waals surface area (Å²) in [5, 5.41) is 17.6. The molecule has 27 heavy (non-hydrogen) atoms. The number of aromatic nitrogens is 3. The monoisotopic (exact) mass is 385 g/mol. The predicted octanol–water partition coefficient (Wildman–Crippen LogP) is 3.25. The van der Waals surface area contributed by atoms with E-state index in [1.165, 1.54) is 40.9 Å². The van der Waals surface area contributed by atoms with Gasteiger partial charge >= 0.3 is 0 Å². The van der Waals surface area contributed by atoms with Crippen LogP contribution >= 0.6 is 11.8 Å². The quantitative estimate of drug-likeness (QED) is 0.580. The van der Waals surface area contributed by atoms with Crippen molar-refractivity contribution < 1.29 is 13.6 Å². The van der Waals surface area contributed by atoms with Crippen molar-refractivity contribution in [2.45, 2.75) is 11.6 Å². The van der Waals surface area contributed by atoms with E-state index in [0.717, 1.165) is 0 Å². The number of nitrogens with zero attached hydrogens (tertiary/aromatic N) is 5. The summed E-state index contributed by atoms with van der Waals surface area (Å²) in [5.74, 6) is 0.669. The lowest BCUT2D eigenvalue weighted by Crippen LogP contribution is -2.33. The fraction of sp³-hybridized carbons (Fsp3) is 0.222. The number of carbonyl (C=O) groups is 1. The minimum absolute atomic E-state index is 0.104. The molecule has 0 atom stereocenters. The number of hydrogen-bond donors (Lipinski definition) is 0. The lowest BCUT2D eigenvalue weighted by Gasteiger charge is -2.21. The number of hydrogen-bond acceptors (Lipinski definition) is 6. The molecule has 7 nitrogen and oxygen atoms in total. The van der Waals surface area contributed by atoms with Crippen LogP contribution in [-0.2, 0) is 11.8 Å². The van der Waals surface area contributed by atoms with Gasteiger partial charge in [0.05, 0.1) is 24.5 Å². The molecule has 3 rings (SSSR count). The maximum atomic E-state index is 13.2. The van der Waals surface area contributed by atoms with Crippen LogP contribution in [0.4, 0.5) is 10.1 Å². The van der Waals surface area contributed by atoms with Crippen LogP contribution in [0.15, 0.2) is 52.2 Å². The standard InChI is InChI=1S/C18H16FN5O2S/c1-23-17(15-4-2-11-26-15)21-22-18(23)27-12-16(25)24(10-3-9-20)14-7-5-13(19)6-8-14/h2,4-8,11H,3,10,12H2,1H3. The molecule has 9 heteroatoms. The third kappa shape index (κ3) is 4.35. The lowest BCUT2D eigenvalue weighted by molar-refractivity contribution is -0.116. The first-order valence-corrected chi connectivity index (χ1v) is 9.07. The van der Waals surface area contributed by atoms with Gasteiger partial charge in [-0.25, -0.2) is 4.39 Å². The molecule has 2 heterocycles. The Balaban J connectivity index is 1.71. The smallest absolute Gasteiger partial charge is 0.237 e. The van der Waals surface area contributed by atoms with Gasteiger partial charge in [0.15, 0.2) is 16.7 Å². The second kappa shape index (κ2) is 8.51. The number of carbonyl (C=O) groups excluding carboxylic acids is 1. The van der Waals surface area contributed by atoms with E-state index in [-0.39, 0.29) is 30.4 Å². The first kappa shape index (κ1) is 18.7. The molecule has 0 saturated heterocycles. The van der Waals surface area contributed by atoms with E-state index in [1.54, 1.807) is 30.0 Å². The van der Waals surface area contributed by atoms with Gasteiger partial charge in [-0.1, -0.05) is 11.8 Å². The van der Waals surface area contributed by atoms with Gasteiger partial charge < -0.3 is 13.9 Å². The summed E-state index contributed by atoms with van der Waals surface area (Å²) in [5.41, 5.74) is 0.548. The topological polar surface area (TPSA) is 88.0 Å². The largest absolute Gasteiger partial charge is 0.461 e. The first-order valence-electron chi connectivity index (χ1n) is 8.09. The fourth-order valence-corrected chi connectivity index (χ4v) is 3.23. The molecule has 0 aliphatic heterocycles. The molecule has 1 aromatic carbocycles. The summed E-state index contributed by atoms with van der Waals surface area (Å²) in [7, 11) is 1.79. The number of rotatable bonds is 7. The highest BCUT2D eigenvalue weighted by molar-refractivity contribution is 7.99. The summed E-state index contributed by atoms with van der Waals surface area (Å²) < 4.78 is 20.2. The van der Waals surface area contributed by atoms with Crippen LogP contribution in [0.1, 0.15) is 6.42 Å². The molecule has 0 saturated carbocycles. The number of anilines is 1. The molecule has 0 aliphatic carbocycles. The maximum absolute atomic E-state index is 13.2. The van der Waals surface area contributed by atoms with E-state index in [1.807, 2.05) is 6.07 Å². The van der Waals surface area contributed by atoms with Crippen molar-refractivity contribution in [1.82, 2.24) is 14.8 Å². The highest BCUT2D eigenvalue weighted by atomic mass is 32.2. The van der Waals surface area contributed by atoms with E-state index in [9.17, 15) is 9.18 Å². The number of halogens is 1. The van der Waals surface area contributed by atoms with Gasteiger partial charge in [-0.05, 0) is 36.4 Å². The number of thioether (sulfide) groups is 1. The van der Waals surface area contributed by atoms with E-state index >= 15 is 0 Å². The van der Waals surface area contributed by atoms with Crippen LogP contribution in [0.2, 0.25) is 0 Å². The van der Waals surface area contributed by atoms with E-state index in [0.29, 0.717) is 22.4 Å². The molecule has 0 fully saturated rings. The Labute approximate surface area is 159 Å². The van der Waals surface area contributed by atoms with Crippen LogP contribution < -0.4 is 4.90 Å². The molecule has 0 aliphatic rings. The van der Waals surface area contributed by atoms with Crippen LogP contribution in [0.3, 0.4) is 0 Å². The summed E-state index contributed by atoms with van der Waals surface area (Å²) in [6, 6.07) is 11.2. The van der Waals surface area contributed by atoms with Gasteiger partial charge in [-0.2, -0.15) is 5.26 Å². The Bertz CT molecular complexity index is 947. The number of nitriles is 1. The van der Waals surface area contributed by atoms with Crippen molar-refractivity contribution in [3.05, 3.63) is 48.5 Å². The third-order valence-corrected chi connectivity index (χ3v) is 4.79. The van der Waals surface area contributed by atoms with E-state index in [2.05, 4.69) is 10.2 Å². The molecule has 3 aromatic rings. The Hall–Kier alpha value is -3.12. The molecule has 2 aromatic heterocycles. The second-order valence-electron chi connectivity index (χ2n) is 5.56. The number of benzene rings is 1. The zero-order chi connectivity index (χ0) is 19.2. The second-order valence-corrected chi connectivity index (χ2v) is 6.50. The van der Waals surface area contributed by atoms with Crippen molar-refractivity contribution in [2.75, 3.05) is 17.2 Å². The molecule has 0 unspecified atom stereocenters. The van der Waals surface area contributed by atoms with Gasteiger partial charge in [0, 0.05) is 19.3 Å². The van der Waals surface area contributed by atoms with Crippen molar-refractivity contribution in [2.24, 2.45) is 7.05 Å².